The van der Waals surface area contributed by atoms with Crippen LogP contribution in [0.25, 0.3) is 11.0 Å². The van der Waals surface area contributed by atoms with Crippen LogP contribution in [0.3, 0.4) is 0 Å². The van der Waals surface area contributed by atoms with Crippen LogP contribution in [0.2, 0.25) is 0 Å². The molecular formula is C12H14BrN5. The topological polar surface area (TPSA) is 55.6 Å². The van der Waals surface area contributed by atoms with Gasteiger partial charge in [-0.15, -0.1) is 0 Å². The summed E-state index contributed by atoms with van der Waals surface area (Å²) in [5.74, 6) is 0.806. The van der Waals surface area contributed by atoms with Crippen molar-refractivity contribution in [3.05, 3.63) is 16.6 Å². The average molecular weight is 308 g/mol. The fourth-order valence-electron chi connectivity index (χ4n) is 3.39. The van der Waals surface area contributed by atoms with E-state index in [0.717, 1.165) is 33.8 Å². The van der Waals surface area contributed by atoms with Gasteiger partial charge in [-0.3, -0.25) is 0 Å². The second kappa shape index (κ2) is 3.74. The lowest BCUT2D eigenvalue weighted by Crippen LogP contribution is -2.35. The average Bonchev–Trinajstić information content (AvgIpc) is 3.03. The first-order valence-corrected chi connectivity index (χ1v) is 7.12. The Kier molecular flexibility index (Phi) is 2.26. The normalized spacial score (nSPS) is 30.4. The zero-order chi connectivity index (χ0) is 12.3. The summed E-state index contributed by atoms with van der Waals surface area (Å²) in [5, 5.41) is 9.26. The highest BCUT2D eigenvalue weighted by Crippen LogP contribution is 2.40. The van der Waals surface area contributed by atoms with E-state index in [4.69, 9.17) is 0 Å². The third kappa shape index (κ3) is 1.39. The Hall–Kier alpha value is -1.01. The van der Waals surface area contributed by atoms with Crippen molar-refractivity contribution in [3.63, 3.8) is 0 Å². The molecule has 2 fully saturated rings. The maximum atomic E-state index is 4.64. The smallest absolute Gasteiger partial charge is 0.162 e. The molecule has 2 aromatic rings. The predicted octanol–water partition coefficient (Wildman–Crippen LogP) is 1.82. The maximum Gasteiger partial charge on any atom is 0.162 e. The van der Waals surface area contributed by atoms with Crippen LogP contribution in [0.5, 0.6) is 0 Å². The molecule has 1 saturated heterocycles. The van der Waals surface area contributed by atoms with E-state index in [1.165, 1.54) is 12.8 Å². The van der Waals surface area contributed by atoms with Gasteiger partial charge in [0.25, 0.3) is 0 Å². The first-order valence-electron chi connectivity index (χ1n) is 6.32. The second-order valence-corrected chi connectivity index (χ2v) is 6.06. The lowest BCUT2D eigenvalue weighted by Gasteiger charge is -2.23. The Labute approximate surface area is 113 Å². The first-order chi connectivity index (χ1) is 8.74. The van der Waals surface area contributed by atoms with Crippen molar-refractivity contribution < 1.29 is 0 Å². The van der Waals surface area contributed by atoms with Crippen molar-refractivity contribution >= 4 is 27.0 Å². The number of halogens is 1. The Morgan fingerprint density at radius 1 is 1.39 bits per heavy atom. The van der Waals surface area contributed by atoms with Crippen molar-refractivity contribution in [1.82, 2.24) is 25.1 Å². The SMILES string of the molecule is Cc1ncnc2c1c(Br)nn2[C@@H]1C[C@@H]2CN[C@H]1C2. The molecule has 94 valence electrons. The summed E-state index contributed by atoms with van der Waals surface area (Å²) in [6.45, 7) is 3.16. The highest BCUT2D eigenvalue weighted by Gasteiger charge is 2.41. The molecule has 0 amide bonds. The van der Waals surface area contributed by atoms with Crippen molar-refractivity contribution in [2.45, 2.75) is 31.8 Å². The number of fused-ring (bicyclic) bond motifs is 3. The van der Waals surface area contributed by atoms with Gasteiger partial charge in [0.05, 0.1) is 17.1 Å². The highest BCUT2D eigenvalue weighted by molar-refractivity contribution is 9.10. The fourth-order valence-corrected chi connectivity index (χ4v) is 4.03. The fraction of sp³-hybridized carbons (Fsp3) is 0.583. The van der Waals surface area contributed by atoms with Crippen molar-refractivity contribution in [2.75, 3.05) is 6.54 Å². The van der Waals surface area contributed by atoms with Gasteiger partial charge in [0.2, 0.25) is 0 Å². The molecule has 1 aliphatic carbocycles. The molecule has 18 heavy (non-hydrogen) atoms. The number of nitrogens with one attached hydrogen (secondary N) is 1. The lowest BCUT2D eigenvalue weighted by molar-refractivity contribution is 0.341. The van der Waals surface area contributed by atoms with E-state index in [2.05, 4.69) is 41.0 Å². The maximum absolute atomic E-state index is 4.64. The number of hydrogen-bond donors (Lipinski definition) is 1. The van der Waals surface area contributed by atoms with Gasteiger partial charge < -0.3 is 5.32 Å². The number of hydrogen-bond acceptors (Lipinski definition) is 4. The zero-order valence-corrected chi connectivity index (χ0v) is 11.7. The van der Waals surface area contributed by atoms with Gasteiger partial charge in [-0.05, 0) is 48.2 Å². The molecular weight excluding hydrogens is 294 g/mol. The summed E-state index contributed by atoms with van der Waals surface area (Å²) >= 11 is 3.54. The van der Waals surface area contributed by atoms with Crippen LogP contribution in [-0.4, -0.2) is 32.3 Å². The number of piperidine rings is 1. The number of rotatable bonds is 1. The van der Waals surface area contributed by atoms with Gasteiger partial charge in [0.1, 0.15) is 10.9 Å². The molecule has 0 spiro atoms. The van der Waals surface area contributed by atoms with E-state index in [0.29, 0.717) is 12.1 Å². The summed E-state index contributed by atoms with van der Waals surface area (Å²) in [5.41, 5.74) is 1.93. The van der Waals surface area contributed by atoms with E-state index in [-0.39, 0.29) is 0 Å². The molecule has 0 unspecified atom stereocenters. The van der Waals surface area contributed by atoms with Crippen LogP contribution in [0.15, 0.2) is 10.9 Å². The minimum absolute atomic E-state index is 0.437. The van der Waals surface area contributed by atoms with Crippen LogP contribution in [0.1, 0.15) is 24.6 Å². The molecule has 2 aliphatic rings. The van der Waals surface area contributed by atoms with E-state index >= 15 is 0 Å². The third-order valence-electron chi connectivity index (χ3n) is 4.25. The molecule has 5 nitrogen and oxygen atoms in total. The minimum Gasteiger partial charge on any atom is -0.312 e. The molecule has 4 rings (SSSR count). The molecule has 3 atom stereocenters. The molecule has 0 aromatic carbocycles. The Bertz CT molecular complexity index is 622. The Morgan fingerprint density at radius 3 is 3.00 bits per heavy atom. The second-order valence-electron chi connectivity index (χ2n) is 5.31. The number of nitrogens with zero attached hydrogens (tertiary/aromatic N) is 4. The van der Waals surface area contributed by atoms with E-state index in [1.807, 2.05) is 6.92 Å². The van der Waals surface area contributed by atoms with Crippen LogP contribution >= 0.6 is 15.9 Å². The Morgan fingerprint density at radius 2 is 2.28 bits per heavy atom. The Balaban J connectivity index is 1.88. The molecule has 1 saturated carbocycles. The summed E-state index contributed by atoms with van der Waals surface area (Å²) in [7, 11) is 0. The van der Waals surface area contributed by atoms with Crippen LogP contribution in [0, 0.1) is 12.8 Å². The van der Waals surface area contributed by atoms with E-state index in [1.54, 1.807) is 6.33 Å². The van der Waals surface area contributed by atoms with Crippen molar-refractivity contribution in [1.29, 1.82) is 0 Å². The molecule has 2 bridgehead atoms. The summed E-state index contributed by atoms with van der Waals surface area (Å²) in [4.78, 5) is 8.67. The van der Waals surface area contributed by atoms with Gasteiger partial charge in [-0.2, -0.15) is 5.10 Å². The molecule has 1 N–H and O–H groups in total. The quantitative estimate of drug-likeness (QED) is 0.873. The van der Waals surface area contributed by atoms with Gasteiger partial charge >= 0.3 is 0 Å². The highest BCUT2D eigenvalue weighted by atomic mass is 79.9. The minimum atomic E-state index is 0.437. The molecule has 6 heteroatoms. The molecule has 3 heterocycles. The van der Waals surface area contributed by atoms with Gasteiger partial charge in [-0.1, -0.05) is 0 Å². The van der Waals surface area contributed by atoms with E-state index in [9.17, 15) is 0 Å². The van der Waals surface area contributed by atoms with Crippen LogP contribution < -0.4 is 5.32 Å². The van der Waals surface area contributed by atoms with E-state index < -0.39 is 0 Å². The largest absolute Gasteiger partial charge is 0.312 e. The lowest BCUT2D eigenvalue weighted by atomic mass is 10.1. The summed E-state index contributed by atoms with van der Waals surface area (Å²) < 4.78 is 2.95. The number of aromatic nitrogens is 4. The number of aryl methyl sites for hydroxylation is 1. The summed E-state index contributed by atoms with van der Waals surface area (Å²) in [6.07, 6.45) is 4.11. The van der Waals surface area contributed by atoms with Crippen molar-refractivity contribution in [2.24, 2.45) is 5.92 Å². The molecule has 0 radical (unpaired) electrons. The third-order valence-corrected chi connectivity index (χ3v) is 4.80. The monoisotopic (exact) mass is 307 g/mol. The van der Waals surface area contributed by atoms with Gasteiger partial charge in [-0.25, -0.2) is 14.6 Å². The van der Waals surface area contributed by atoms with Gasteiger partial charge in [0, 0.05) is 6.04 Å². The zero-order valence-electron chi connectivity index (χ0n) is 10.1. The van der Waals surface area contributed by atoms with Crippen LogP contribution in [-0.2, 0) is 0 Å². The predicted molar refractivity (Wildman–Crippen MR) is 71.3 cm³/mol. The molecule has 1 aliphatic heterocycles. The standard InChI is InChI=1S/C12H14BrN5/c1-6-10-11(13)17-18(12(10)16-5-15-6)9-3-7-2-8(9)14-4-7/h5,7-9,14H,2-4H2,1H3/t7-,8+,9-/m1/s1. The van der Waals surface area contributed by atoms with Crippen LogP contribution in [0.4, 0.5) is 0 Å². The summed E-state index contributed by atoms with van der Waals surface area (Å²) in [6, 6.07) is 0.993. The van der Waals surface area contributed by atoms with Gasteiger partial charge in [0.15, 0.2) is 5.65 Å². The first kappa shape index (κ1) is 10.9. The molecule has 2 aromatic heterocycles. The van der Waals surface area contributed by atoms with Crippen molar-refractivity contribution in [3.8, 4) is 0 Å².